The summed E-state index contributed by atoms with van der Waals surface area (Å²) >= 11 is 0. The van der Waals surface area contributed by atoms with E-state index in [0.29, 0.717) is 30.2 Å². The van der Waals surface area contributed by atoms with Crippen molar-refractivity contribution in [3.63, 3.8) is 0 Å². The van der Waals surface area contributed by atoms with Crippen molar-refractivity contribution in [3.05, 3.63) is 33.9 Å². The highest BCUT2D eigenvalue weighted by atomic mass is 19.1. The van der Waals surface area contributed by atoms with Crippen LogP contribution in [0.25, 0.3) is 10.9 Å². The molecule has 1 saturated heterocycles. The van der Waals surface area contributed by atoms with Gasteiger partial charge in [-0.05, 0) is 31.2 Å². The highest BCUT2D eigenvalue weighted by Gasteiger charge is 2.33. The van der Waals surface area contributed by atoms with Crippen LogP contribution in [0.15, 0.2) is 17.1 Å². The fourth-order valence-electron chi connectivity index (χ4n) is 4.46. The number of hydrogen-bond donors (Lipinski definition) is 2. The number of carboxylic acid groups (broad SMARTS) is 1. The normalized spacial score (nSPS) is 22.1. The summed E-state index contributed by atoms with van der Waals surface area (Å²) in [6.45, 7) is 3.25. The van der Waals surface area contributed by atoms with Gasteiger partial charge in [0.05, 0.1) is 18.0 Å². The third-order valence-electron chi connectivity index (χ3n) is 6.22. The Morgan fingerprint density at radius 1 is 1.38 bits per heavy atom. The molecular weight excluding hydrogens is 377 g/mol. The first-order valence-electron chi connectivity index (χ1n) is 10.1. The number of methoxy groups -OCH3 is 1. The number of carbonyl (C=O) groups is 1. The van der Waals surface area contributed by atoms with Crippen LogP contribution in [0, 0.1) is 11.7 Å². The lowest BCUT2D eigenvalue weighted by atomic mass is 9.89. The second-order valence-corrected chi connectivity index (χ2v) is 8.02. The number of pyridine rings is 1. The van der Waals surface area contributed by atoms with E-state index in [0.717, 1.165) is 31.7 Å². The molecule has 7 nitrogen and oxygen atoms in total. The Bertz CT molecular complexity index is 1030. The van der Waals surface area contributed by atoms with Gasteiger partial charge in [0.15, 0.2) is 11.6 Å². The van der Waals surface area contributed by atoms with E-state index in [2.05, 4.69) is 6.92 Å². The van der Waals surface area contributed by atoms with Crippen LogP contribution in [0.1, 0.15) is 49.0 Å². The van der Waals surface area contributed by atoms with E-state index in [1.54, 1.807) is 4.57 Å². The van der Waals surface area contributed by atoms with Crippen molar-refractivity contribution < 1.29 is 19.0 Å². The minimum atomic E-state index is -1.32. The van der Waals surface area contributed by atoms with Crippen molar-refractivity contribution in [1.82, 2.24) is 4.57 Å². The summed E-state index contributed by atoms with van der Waals surface area (Å²) in [5.41, 5.74) is 6.00. The van der Waals surface area contributed by atoms with Crippen molar-refractivity contribution in [2.75, 3.05) is 25.1 Å². The van der Waals surface area contributed by atoms with Crippen molar-refractivity contribution in [1.29, 1.82) is 0 Å². The molecule has 4 rings (SSSR count). The van der Waals surface area contributed by atoms with E-state index in [9.17, 15) is 14.7 Å². The number of nitrogens with zero attached hydrogens (tertiary/aromatic N) is 2. The van der Waals surface area contributed by atoms with E-state index < -0.39 is 17.2 Å². The average molecular weight is 403 g/mol. The second kappa shape index (κ2) is 7.33. The molecular formula is C21H26FN3O4. The molecule has 3 N–H and O–H groups in total. The molecule has 2 fully saturated rings. The highest BCUT2D eigenvalue weighted by molar-refractivity contribution is 5.97. The quantitative estimate of drug-likeness (QED) is 0.797. The molecule has 0 spiro atoms. The Morgan fingerprint density at radius 2 is 2.10 bits per heavy atom. The van der Waals surface area contributed by atoms with Crippen LogP contribution in [0.2, 0.25) is 0 Å². The third-order valence-corrected chi connectivity index (χ3v) is 6.22. The zero-order chi connectivity index (χ0) is 20.9. The molecule has 0 bridgehead atoms. The topological polar surface area (TPSA) is 97.8 Å². The van der Waals surface area contributed by atoms with Crippen LogP contribution in [-0.4, -0.2) is 41.9 Å². The number of halogens is 1. The SMILES string of the molecule is CC[C@@H]1CCN(c2c(F)cc3c(=O)c(C(=O)O)cn(C4CC4)c3c2OC)CC1N. The smallest absolute Gasteiger partial charge is 0.341 e. The van der Waals surface area contributed by atoms with Crippen molar-refractivity contribution in [2.24, 2.45) is 11.7 Å². The molecule has 29 heavy (non-hydrogen) atoms. The van der Waals surface area contributed by atoms with Crippen molar-refractivity contribution >= 4 is 22.6 Å². The Morgan fingerprint density at radius 3 is 2.66 bits per heavy atom. The maximum absolute atomic E-state index is 15.3. The van der Waals surface area contributed by atoms with Crippen LogP contribution in [0.5, 0.6) is 5.75 Å². The van der Waals surface area contributed by atoms with Crippen LogP contribution >= 0.6 is 0 Å². The first-order chi connectivity index (χ1) is 13.9. The van der Waals surface area contributed by atoms with Gasteiger partial charge in [0, 0.05) is 31.4 Å². The highest BCUT2D eigenvalue weighted by Crippen LogP contribution is 2.44. The van der Waals surface area contributed by atoms with Gasteiger partial charge < -0.3 is 25.0 Å². The minimum absolute atomic E-state index is 0.0302. The van der Waals surface area contributed by atoms with Gasteiger partial charge in [-0.15, -0.1) is 0 Å². The van der Waals surface area contributed by atoms with Gasteiger partial charge in [0.1, 0.15) is 11.3 Å². The molecule has 1 aromatic heterocycles. The fraction of sp³-hybridized carbons (Fsp3) is 0.524. The van der Waals surface area contributed by atoms with Gasteiger partial charge in [0.2, 0.25) is 5.43 Å². The van der Waals surface area contributed by atoms with Crippen LogP contribution in [0.3, 0.4) is 0 Å². The summed E-state index contributed by atoms with van der Waals surface area (Å²) in [5.74, 6) is -1.26. The summed E-state index contributed by atoms with van der Waals surface area (Å²) in [6, 6.07) is 1.16. The molecule has 2 aliphatic rings. The Hall–Kier alpha value is -2.61. The monoisotopic (exact) mass is 403 g/mol. The first kappa shape index (κ1) is 19.7. The number of anilines is 1. The molecule has 0 radical (unpaired) electrons. The number of rotatable bonds is 5. The van der Waals surface area contributed by atoms with Crippen molar-refractivity contribution in [2.45, 2.75) is 44.7 Å². The van der Waals surface area contributed by atoms with Gasteiger partial charge in [-0.25, -0.2) is 9.18 Å². The predicted molar refractivity (Wildman–Crippen MR) is 109 cm³/mol. The lowest BCUT2D eigenvalue weighted by molar-refractivity contribution is 0.0695. The molecule has 1 aliphatic carbocycles. The lowest BCUT2D eigenvalue weighted by Gasteiger charge is -2.38. The zero-order valence-electron chi connectivity index (χ0n) is 16.7. The maximum atomic E-state index is 15.3. The van der Waals surface area contributed by atoms with Gasteiger partial charge in [-0.3, -0.25) is 4.79 Å². The molecule has 8 heteroatoms. The van der Waals surface area contributed by atoms with E-state index in [-0.39, 0.29) is 28.8 Å². The number of ether oxygens (including phenoxy) is 1. The lowest BCUT2D eigenvalue weighted by Crippen LogP contribution is -2.48. The number of hydrogen-bond acceptors (Lipinski definition) is 5. The third kappa shape index (κ3) is 3.25. The molecule has 1 unspecified atom stereocenters. The van der Waals surface area contributed by atoms with Crippen LogP contribution < -0.4 is 20.8 Å². The predicted octanol–water partition coefficient (Wildman–Crippen LogP) is 2.75. The molecule has 0 amide bonds. The van der Waals surface area contributed by atoms with E-state index in [1.807, 2.05) is 4.90 Å². The van der Waals surface area contributed by atoms with E-state index in [1.165, 1.54) is 13.3 Å². The van der Waals surface area contributed by atoms with Gasteiger partial charge in [-0.1, -0.05) is 13.3 Å². The summed E-state index contributed by atoms with van der Waals surface area (Å²) in [7, 11) is 1.45. The molecule has 2 aromatic rings. The minimum Gasteiger partial charge on any atom is -0.492 e. The van der Waals surface area contributed by atoms with Crippen molar-refractivity contribution in [3.8, 4) is 5.75 Å². The largest absolute Gasteiger partial charge is 0.492 e. The number of aromatic carboxylic acids is 1. The fourth-order valence-corrected chi connectivity index (χ4v) is 4.46. The summed E-state index contributed by atoms with van der Waals surface area (Å²) < 4.78 is 22.7. The van der Waals surface area contributed by atoms with Gasteiger partial charge in [-0.2, -0.15) is 0 Å². The van der Waals surface area contributed by atoms with E-state index in [4.69, 9.17) is 10.5 Å². The second-order valence-electron chi connectivity index (χ2n) is 8.02. The Kier molecular flexibility index (Phi) is 4.98. The number of nitrogens with two attached hydrogens (primary N) is 1. The summed E-state index contributed by atoms with van der Waals surface area (Å²) in [4.78, 5) is 26.2. The molecule has 1 saturated carbocycles. The summed E-state index contributed by atoms with van der Waals surface area (Å²) in [6.07, 6.45) is 4.94. The Balaban J connectivity index is 1.95. The number of carboxylic acids is 1. The molecule has 2 heterocycles. The molecule has 156 valence electrons. The number of benzene rings is 1. The molecule has 1 aliphatic heterocycles. The van der Waals surface area contributed by atoms with Gasteiger partial charge in [0.25, 0.3) is 0 Å². The van der Waals surface area contributed by atoms with Crippen LogP contribution in [0.4, 0.5) is 10.1 Å². The zero-order valence-corrected chi connectivity index (χ0v) is 16.7. The van der Waals surface area contributed by atoms with E-state index >= 15 is 4.39 Å². The average Bonchev–Trinajstić information content (AvgIpc) is 3.52. The standard InChI is InChI=1S/C21H26FN3O4/c1-3-11-6-7-24(10-16(11)23)18-15(22)8-13-17(20(18)29-2)25(12-4-5-12)9-14(19(13)26)21(27)28/h8-9,11-12,16H,3-7,10,23H2,1-2H3,(H,27,28)/t11-,16?/m1/s1. The van der Waals surface area contributed by atoms with Gasteiger partial charge >= 0.3 is 5.97 Å². The molecule has 1 aromatic carbocycles. The Labute approximate surface area is 167 Å². The van der Waals surface area contributed by atoms with Crippen LogP contribution in [-0.2, 0) is 0 Å². The summed E-state index contributed by atoms with van der Waals surface area (Å²) in [5, 5.41) is 9.45. The number of aromatic nitrogens is 1. The molecule has 2 atom stereocenters. The maximum Gasteiger partial charge on any atom is 0.341 e. The number of piperidine rings is 1. The first-order valence-corrected chi connectivity index (χ1v) is 10.1. The number of fused-ring (bicyclic) bond motifs is 1.